The maximum Gasteiger partial charge on any atom is 0.285 e. The number of nitrogens with one attached hydrogen (secondary N) is 1. The van der Waals surface area contributed by atoms with Crippen LogP contribution in [-0.4, -0.2) is 35.7 Å². The van der Waals surface area contributed by atoms with Gasteiger partial charge in [0.05, 0.1) is 22.7 Å². The number of fused-ring (bicyclic) bond motifs is 2. The molecule has 0 spiro atoms. The van der Waals surface area contributed by atoms with Gasteiger partial charge < -0.3 is 9.88 Å². The number of anilines is 1. The lowest BCUT2D eigenvalue weighted by atomic mass is 10.0. The first-order valence-electron chi connectivity index (χ1n) is 10.0. The quantitative estimate of drug-likeness (QED) is 0.475. The molecule has 9 nitrogen and oxygen atoms in total. The van der Waals surface area contributed by atoms with E-state index in [1.165, 1.54) is 27.7 Å². The smallest absolute Gasteiger partial charge is 0.285 e. The Labute approximate surface area is 180 Å². The summed E-state index contributed by atoms with van der Waals surface area (Å²) in [4.78, 5) is 27.0. The average molecular weight is 426 g/mol. The third-order valence-electron chi connectivity index (χ3n) is 5.84. The molecule has 1 fully saturated rings. The fourth-order valence-corrected chi connectivity index (χ4v) is 4.25. The van der Waals surface area contributed by atoms with Gasteiger partial charge in [-0.3, -0.25) is 9.36 Å². The summed E-state index contributed by atoms with van der Waals surface area (Å²) in [6.07, 6.45) is 5.19. The van der Waals surface area contributed by atoms with Gasteiger partial charge in [0.2, 0.25) is 0 Å². The Morgan fingerprint density at radius 2 is 2.03 bits per heavy atom. The van der Waals surface area contributed by atoms with Crippen LogP contribution in [0.4, 0.5) is 10.2 Å². The number of benzene rings is 1. The Morgan fingerprint density at radius 3 is 2.78 bits per heavy atom. The lowest BCUT2D eigenvalue weighted by Gasteiger charge is -2.42. The Morgan fingerprint density at radius 1 is 1.19 bits per heavy atom. The minimum atomic E-state index is -0.618. The highest BCUT2D eigenvalue weighted by molar-refractivity contribution is 5.93. The maximum atomic E-state index is 14.4. The van der Waals surface area contributed by atoms with Crippen molar-refractivity contribution in [2.75, 3.05) is 11.4 Å². The van der Waals surface area contributed by atoms with Crippen LogP contribution >= 0.6 is 0 Å². The molecule has 0 amide bonds. The number of hydrogen-bond donors (Lipinski definition) is 1. The number of halogens is 1. The van der Waals surface area contributed by atoms with E-state index in [1.807, 2.05) is 23.1 Å². The summed E-state index contributed by atoms with van der Waals surface area (Å²) in [6.45, 7) is 0.662. The van der Waals surface area contributed by atoms with Gasteiger partial charge >= 0.3 is 0 Å². The largest absolute Gasteiger partial charge is 0.345 e. The van der Waals surface area contributed by atoms with E-state index in [1.54, 1.807) is 18.3 Å². The van der Waals surface area contributed by atoms with Gasteiger partial charge in [0.25, 0.3) is 5.56 Å². The lowest BCUT2D eigenvalue weighted by molar-refractivity contribution is 0.424. The van der Waals surface area contributed by atoms with Crippen molar-refractivity contribution in [2.24, 2.45) is 0 Å². The van der Waals surface area contributed by atoms with E-state index >= 15 is 0 Å². The van der Waals surface area contributed by atoms with Crippen molar-refractivity contribution < 1.29 is 4.39 Å². The third kappa shape index (κ3) is 2.48. The van der Waals surface area contributed by atoms with Crippen LogP contribution in [0.1, 0.15) is 23.9 Å². The summed E-state index contributed by atoms with van der Waals surface area (Å²) in [7, 11) is 0. The van der Waals surface area contributed by atoms with E-state index in [0.29, 0.717) is 46.9 Å². The van der Waals surface area contributed by atoms with Crippen LogP contribution in [0.25, 0.3) is 22.2 Å². The van der Waals surface area contributed by atoms with E-state index in [4.69, 9.17) is 0 Å². The number of aromatic nitrogens is 6. The zero-order valence-corrected chi connectivity index (χ0v) is 16.6. The Balaban J connectivity index is 1.58. The second-order valence-corrected chi connectivity index (χ2v) is 7.52. The fourth-order valence-electron chi connectivity index (χ4n) is 4.25. The first-order valence-corrected chi connectivity index (χ1v) is 10.0. The minimum Gasteiger partial charge on any atom is -0.345 e. The summed E-state index contributed by atoms with van der Waals surface area (Å²) in [5.74, 6) is 0.445. The topological polar surface area (TPSA) is 108 Å². The van der Waals surface area contributed by atoms with Crippen molar-refractivity contribution in [1.82, 2.24) is 29.1 Å². The third-order valence-corrected chi connectivity index (χ3v) is 5.84. The van der Waals surface area contributed by atoms with E-state index < -0.39 is 11.4 Å². The van der Waals surface area contributed by atoms with E-state index in [9.17, 15) is 14.4 Å². The second kappa shape index (κ2) is 6.75. The zero-order valence-electron chi connectivity index (χ0n) is 16.6. The molecule has 0 radical (unpaired) electrons. The lowest BCUT2D eigenvalue weighted by Crippen LogP contribution is -2.45. The SMILES string of the molecule is N#Cc1c[nH]c2ncnc(N3CC[C@H]3c3nn4ccc(F)c4c(=O)n3-c3ccccc3)c12. The van der Waals surface area contributed by atoms with Gasteiger partial charge in [0.1, 0.15) is 23.9 Å². The molecule has 6 rings (SSSR count). The van der Waals surface area contributed by atoms with Gasteiger partial charge in [0.15, 0.2) is 17.2 Å². The predicted octanol–water partition coefficient (Wildman–Crippen LogP) is 2.72. The number of para-hydroxylation sites is 1. The van der Waals surface area contributed by atoms with E-state index in [2.05, 4.69) is 26.1 Å². The molecule has 0 saturated carbocycles. The van der Waals surface area contributed by atoms with Crippen LogP contribution in [0.15, 0.2) is 59.9 Å². The molecule has 0 bridgehead atoms. The second-order valence-electron chi connectivity index (χ2n) is 7.52. The monoisotopic (exact) mass is 426 g/mol. The Hall–Kier alpha value is -4.52. The van der Waals surface area contributed by atoms with Gasteiger partial charge in [-0.2, -0.15) is 10.4 Å². The van der Waals surface area contributed by atoms with Gasteiger partial charge in [-0.25, -0.2) is 18.9 Å². The normalized spacial score (nSPS) is 15.8. The minimum absolute atomic E-state index is 0.106. The van der Waals surface area contributed by atoms with Crippen molar-refractivity contribution in [3.05, 3.63) is 82.7 Å². The molecule has 10 heteroatoms. The molecule has 156 valence electrons. The molecule has 0 aliphatic carbocycles. The molecule has 1 aliphatic rings. The van der Waals surface area contributed by atoms with Crippen molar-refractivity contribution in [3.8, 4) is 11.8 Å². The maximum absolute atomic E-state index is 14.4. The number of aromatic amines is 1. The van der Waals surface area contributed by atoms with Crippen molar-refractivity contribution in [1.29, 1.82) is 5.26 Å². The van der Waals surface area contributed by atoms with Crippen LogP contribution in [-0.2, 0) is 0 Å². The number of nitriles is 1. The standard InChI is InChI=1S/C22H15FN8O/c23-15-6-9-30-18(15)22(32)31(14-4-2-1-3-5-14)20(28-30)16-7-8-29(16)21-17-13(10-24)11-25-19(17)26-12-27-21/h1-6,9,11-12,16H,7-8H2,(H,25,26,27)/t16-/m0/s1. The first kappa shape index (κ1) is 18.3. The molecule has 1 saturated heterocycles. The first-order chi connectivity index (χ1) is 15.7. The summed E-state index contributed by atoms with van der Waals surface area (Å²) < 4.78 is 17.1. The molecule has 1 aromatic carbocycles. The number of hydrogen-bond acceptors (Lipinski definition) is 6. The average Bonchev–Trinajstić information content (AvgIpc) is 3.38. The molecular formula is C22H15FN8O. The summed E-state index contributed by atoms with van der Waals surface area (Å²) >= 11 is 0. The van der Waals surface area contributed by atoms with Crippen LogP contribution in [0.3, 0.4) is 0 Å². The summed E-state index contributed by atoms with van der Waals surface area (Å²) in [5, 5.41) is 14.8. The number of nitrogens with zero attached hydrogens (tertiary/aromatic N) is 7. The molecule has 1 N–H and O–H groups in total. The zero-order chi connectivity index (χ0) is 21.8. The molecule has 4 aromatic heterocycles. The van der Waals surface area contributed by atoms with E-state index in [0.717, 1.165) is 0 Å². The Bertz CT molecular complexity index is 1590. The van der Waals surface area contributed by atoms with Crippen LogP contribution in [0, 0.1) is 17.1 Å². The molecule has 32 heavy (non-hydrogen) atoms. The number of rotatable bonds is 3. The highest BCUT2D eigenvalue weighted by Crippen LogP contribution is 2.39. The Kier molecular flexibility index (Phi) is 3.85. The fraction of sp³-hybridized carbons (Fsp3) is 0.136. The highest BCUT2D eigenvalue weighted by Gasteiger charge is 2.37. The van der Waals surface area contributed by atoms with Gasteiger partial charge in [-0.05, 0) is 24.6 Å². The van der Waals surface area contributed by atoms with Gasteiger partial charge in [0, 0.05) is 18.9 Å². The van der Waals surface area contributed by atoms with Crippen molar-refractivity contribution >= 4 is 22.4 Å². The molecular weight excluding hydrogens is 411 g/mol. The van der Waals surface area contributed by atoms with Crippen LogP contribution < -0.4 is 10.5 Å². The van der Waals surface area contributed by atoms with E-state index in [-0.39, 0.29) is 11.6 Å². The molecule has 5 aromatic rings. The molecule has 5 heterocycles. The highest BCUT2D eigenvalue weighted by atomic mass is 19.1. The van der Waals surface area contributed by atoms with Crippen molar-refractivity contribution in [3.63, 3.8) is 0 Å². The van der Waals surface area contributed by atoms with Gasteiger partial charge in [-0.15, -0.1) is 0 Å². The molecule has 1 atom stereocenters. The van der Waals surface area contributed by atoms with Crippen molar-refractivity contribution in [2.45, 2.75) is 12.5 Å². The van der Waals surface area contributed by atoms with Crippen LogP contribution in [0.2, 0.25) is 0 Å². The summed E-state index contributed by atoms with van der Waals surface area (Å²) in [5.41, 5.74) is 1.02. The van der Waals surface area contributed by atoms with Gasteiger partial charge in [-0.1, -0.05) is 18.2 Å². The summed E-state index contributed by atoms with van der Waals surface area (Å²) in [6, 6.07) is 12.2. The molecule has 1 aliphatic heterocycles. The van der Waals surface area contributed by atoms with Crippen LogP contribution in [0.5, 0.6) is 0 Å². The predicted molar refractivity (Wildman–Crippen MR) is 114 cm³/mol. The molecule has 0 unspecified atom stereocenters. The number of H-pyrrole nitrogens is 1.